The van der Waals surface area contributed by atoms with Crippen molar-refractivity contribution in [3.05, 3.63) is 29.3 Å². The highest BCUT2D eigenvalue weighted by Gasteiger charge is 2.12. The average molecular weight is 224 g/mol. The number of carboxylic acids is 1. The molecular formula is C10H12N2O2S. The molecule has 0 aliphatic carbocycles. The molecule has 0 aromatic heterocycles. The molecule has 0 aliphatic heterocycles. The van der Waals surface area contributed by atoms with E-state index in [1.807, 2.05) is 6.92 Å². The van der Waals surface area contributed by atoms with Crippen LogP contribution in [0.5, 0.6) is 0 Å². The third kappa shape index (κ3) is 2.66. The van der Waals surface area contributed by atoms with Crippen molar-refractivity contribution in [3.63, 3.8) is 0 Å². The van der Waals surface area contributed by atoms with Crippen LogP contribution in [0.25, 0.3) is 0 Å². The number of nitrogens with two attached hydrogens (primary N) is 1. The summed E-state index contributed by atoms with van der Waals surface area (Å²) in [4.78, 5) is 10.9. The molecule has 0 spiro atoms. The van der Waals surface area contributed by atoms with Crippen LogP contribution in [0.4, 0.5) is 5.69 Å². The first kappa shape index (κ1) is 11.5. The van der Waals surface area contributed by atoms with E-state index in [2.05, 4.69) is 5.32 Å². The summed E-state index contributed by atoms with van der Waals surface area (Å²) in [6, 6.07) is 4.97. The zero-order valence-electron chi connectivity index (χ0n) is 8.28. The van der Waals surface area contributed by atoms with E-state index in [1.165, 1.54) is 0 Å². The summed E-state index contributed by atoms with van der Waals surface area (Å²) in [6.07, 6.45) is 0.605. The van der Waals surface area contributed by atoms with Crippen LogP contribution < -0.4 is 11.1 Å². The largest absolute Gasteiger partial charge is 0.478 e. The van der Waals surface area contributed by atoms with Gasteiger partial charge in [0.2, 0.25) is 0 Å². The number of rotatable bonds is 3. The van der Waals surface area contributed by atoms with Gasteiger partial charge in [0.05, 0.1) is 5.56 Å². The minimum Gasteiger partial charge on any atom is -0.478 e. The molecule has 0 heterocycles. The van der Waals surface area contributed by atoms with Gasteiger partial charge in [-0.05, 0) is 36.3 Å². The molecule has 0 fully saturated rings. The molecule has 0 amide bonds. The molecule has 4 nitrogen and oxygen atoms in total. The standard InChI is InChI=1S/C10H12N2O2S/c1-2-6-7(9(13)14)4-3-5-8(6)12-10(11)15/h3-5H,2H2,1H3,(H,13,14)(H3,11,12,15). The summed E-state index contributed by atoms with van der Waals surface area (Å²) in [5.41, 5.74) is 6.99. The highest BCUT2D eigenvalue weighted by atomic mass is 32.1. The lowest BCUT2D eigenvalue weighted by Gasteiger charge is -2.11. The topological polar surface area (TPSA) is 75.3 Å². The van der Waals surface area contributed by atoms with Crippen LogP contribution in [-0.2, 0) is 6.42 Å². The molecule has 0 saturated carbocycles. The van der Waals surface area contributed by atoms with Crippen LogP contribution in [-0.4, -0.2) is 16.2 Å². The second-order valence-electron chi connectivity index (χ2n) is 2.98. The Morgan fingerprint density at radius 2 is 2.27 bits per heavy atom. The normalized spacial score (nSPS) is 9.67. The molecule has 15 heavy (non-hydrogen) atoms. The van der Waals surface area contributed by atoms with Gasteiger partial charge in [-0.3, -0.25) is 0 Å². The molecule has 1 rings (SSSR count). The van der Waals surface area contributed by atoms with Crippen LogP contribution in [0.1, 0.15) is 22.8 Å². The summed E-state index contributed by atoms with van der Waals surface area (Å²) in [5.74, 6) is -0.946. The maximum atomic E-state index is 10.9. The van der Waals surface area contributed by atoms with Crippen molar-refractivity contribution >= 4 is 29.0 Å². The Morgan fingerprint density at radius 1 is 1.60 bits per heavy atom. The van der Waals surface area contributed by atoms with E-state index in [0.717, 1.165) is 0 Å². The predicted molar refractivity (Wildman–Crippen MR) is 63.2 cm³/mol. The maximum absolute atomic E-state index is 10.9. The summed E-state index contributed by atoms with van der Waals surface area (Å²) in [7, 11) is 0. The minimum absolute atomic E-state index is 0.132. The molecule has 0 aliphatic rings. The van der Waals surface area contributed by atoms with Crippen LogP contribution >= 0.6 is 12.2 Å². The van der Waals surface area contributed by atoms with Crippen LogP contribution in [0.3, 0.4) is 0 Å². The molecule has 0 radical (unpaired) electrons. The number of carbonyl (C=O) groups is 1. The number of hydrogen-bond acceptors (Lipinski definition) is 2. The van der Waals surface area contributed by atoms with Gasteiger partial charge in [-0.15, -0.1) is 0 Å². The highest BCUT2D eigenvalue weighted by molar-refractivity contribution is 7.80. The predicted octanol–water partition coefficient (Wildman–Crippen LogP) is 1.60. The SMILES string of the molecule is CCc1c(NC(N)=S)cccc1C(=O)O. The van der Waals surface area contributed by atoms with E-state index in [1.54, 1.807) is 18.2 Å². The van der Waals surface area contributed by atoms with E-state index >= 15 is 0 Å². The van der Waals surface area contributed by atoms with Gasteiger partial charge >= 0.3 is 5.97 Å². The number of anilines is 1. The molecule has 4 N–H and O–H groups in total. The van der Waals surface area contributed by atoms with Crippen molar-refractivity contribution in [2.75, 3.05) is 5.32 Å². The molecule has 0 unspecified atom stereocenters. The zero-order chi connectivity index (χ0) is 11.4. The Bertz CT molecular complexity index is 404. The summed E-state index contributed by atoms with van der Waals surface area (Å²) < 4.78 is 0. The lowest BCUT2D eigenvalue weighted by Crippen LogP contribution is -2.20. The Hall–Kier alpha value is -1.62. The number of hydrogen-bond donors (Lipinski definition) is 3. The van der Waals surface area contributed by atoms with Crippen molar-refractivity contribution in [2.45, 2.75) is 13.3 Å². The lowest BCUT2D eigenvalue weighted by atomic mass is 10.0. The number of thiocarbonyl (C=S) groups is 1. The van der Waals surface area contributed by atoms with Crippen LogP contribution in [0.15, 0.2) is 18.2 Å². The Kier molecular flexibility index (Phi) is 3.62. The van der Waals surface area contributed by atoms with Crippen LogP contribution in [0.2, 0.25) is 0 Å². The van der Waals surface area contributed by atoms with Gasteiger partial charge in [-0.1, -0.05) is 13.0 Å². The number of aromatic carboxylic acids is 1. The van der Waals surface area contributed by atoms with Crippen molar-refractivity contribution in [1.82, 2.24) is 0 Å². The minimum atomic E-state index is -0.946. The second-order valence-corrected chi connectivity index (χ2v) is 3.42. The molecule has 1 aromatic rings. The van der Waals surface area contributed by atoms with Gasteiger partial charge in [0, 0.05) is 5.69 Å². The van der Waals surface area contributed by atoms with Crippen molar-refractivity contribution in [1.29, 1.82) is 0 Å². The smallest absolute Gasteiger partial charge is 0.336 e. The third-order valence-electron chi connectivity index (χ3n) is 2.02. The van der Waals surface area contributed by atoms with Crippen LogP contribution in [0, 0.1) is 0 Å². The van der Waals surface area contributed by atoms with Gasteiger partial charge in [0.1, 0.15) is 0 Å². The van der Waals surface area contributed by atoms with Gasteiger partial charge < -0.3 is 16.2 Å². The first-order chi connectivity index (χ1) is 7.06. The lowest BCUT2D eigenvalue weighted by molar-refractivity contribution is 0.0696. The van der Waals surface area contributed by atoms with E-state index < -0.39 is 5.97 Å². The molecular weight excluding hydrogens is 212 g/mol. The van der Waals surface area contributed by atoms with E-state index in [-0.39, 0.29) is 10.7 Å². The number of carboxylic acid groups (broad SMARTS) is 1. The van der Waals surface area contributed by atoms with Gasteiger partial charge in [-0.25, -0.2) is 4.79 Å². The average Bonchev–Trinajstić information content (AvgIpc) is 2.16. The van der Waals surface area contributed by atoms with Crippen molar-refractivity contribution < 1.29 is 9.90 Å². The molecule has 1 aromatic carbocycles. The number of benzene rings is 1. The molecule has 0 saturated heterocycles. The van der Waals surface area contributed by atoms with E-state index in [4.69, 9.17) is 23.1 Å². The molecule has 0 bridgehead atoms. The van der Waals surface area contributed by atoms with E-state index in [0.29, 0.717) is 17.7 Å². The van der Waals surface area contributed by atoms with Crippen molar-refractivity contribution in [3.8, 4) is 0 Å². The first-order valence-electron chi connectivity index (χ1n) is 4.48. The second kappa shape index (κ2) is 4.75. The fourth-order valence-corrected chi connectivity index (χ4v) is 1.53. The monoisotopic (exact) mass is 224 g/mol. The summed E-state index contributed by atoms with van der Waals surface area (Å²) in [6.45, 7) is 1.88. The molecule has 0 atom stereocenters. The summed E-state index contributed by atoms with van der Waals surface area (Å²) >= 11 is 4.71. The highest BCUT2D eigenvalue weighted by Crippen LogP contribution is 2.20. The number of nitrogens with one attached hydrogen (secondary N) is 1. The van der Waals surface area contributed by atoms with Gasteiger partial charge in [0.25, 0.3) is 0 Å². The molecule has 5 heteroatoms. The molecule has 80 valence electrons. The zero-order valence-corrected chi connectivity index (χ0v) is 9.10. The Balaban J connectivity index is 3.21. The fraction of sp³-hybridized carbons (Fsp3) is 0.200. The van der Waals surface area contributed by atoms with E-state index in [9.17, 15) is 4.79 Å². The Labute approximate surface area is 93.1 Å². The maximum Gasteiger partial charge on any atom is 0.336 e. The fourth-order valence-electron chi connectivity index (χ4n) is 1.42. The van der Waals surface area contributed by atoms with Gasteiger partial charge in [0.15, 0.2) is 5.11 Å². The Morgan fingerprint density at radius 3 is 2.73 bits per heavy atom. The first-order valence-corrected chi connectivity index (χ1v) is 4.88. The quantitative estimate of drug-likeness (QED) is 0.680. The van der Waals surface area contributed by atoms with Crippen molar-refractivity contribution in [2.24, 2.45) is 5.73 Å². The summed E-state index contributed by atoms with van der Waals surface area (Å²) in [5, 5.41) is 11.9. The third-order valence-corrected chi connectivity index (χ3v) is 2.12. The van der Waals surface area contributed by atoms with Gasteiger partial charge in [-0.2, -0.15) is 0 Å².